The summed E-state index contributed by atoms with van der Waals surface area (Å²) in [7, 11) is 0. The highest BCUT2D eigenvalue weighted by atomic mass is 32.2. The van der Waals surface area contributed by atoms with E-state index in [0.717, 1.165) is 15.2 Å². The molecule has 0 fully saturated rings. The van der Waals surface area contributed by atoms with E-state index in [0.29, 0.717) is 16.4 Å². The number of thiazole rings is 1. The Labute approximate surface area is 150 Å². The molecule has 0 unspecified atom stereocenters. The number of nitrogens with zero attached hydrogens (tertiary/aromatic N) is 3. The number of thioether (sulfide) groups is 1. The third kappa shape index (κ3) is 3.10. The highest BCUT2D eigenvalue weighted by Crippen LogP contribution is 2.29. The van der Waals surface area contributed by atoms with Gasteiger partial charge in [-0.3, -0.25) is 9.20 Å². The van der Waals surface area contributed by atoms with Gasteiger partial charge in [0.15, 0.2) is 5.16 Å². The van der Waals surface area contributed by atoms with Crippen molar-refractivity contribution in [2.45, 2.75) is 12.1 Å². The third-order valence-corrected chi connectivity index (χ3v) is 5.64. The van der Waals surface area contributed by atoms with E-state index in [1.165, 1.54) is 17.8 Å². The Balaban J connectivity index is 1.50. The Bertz CT molecular complexity index is 1090. The maximum absolute atomic E-state index is 13.5. The van der Waals surface area contributed by atoms with Crippen LogP contribution in [-0.2, 0) is 4.79 Å². The Kier molecular flexibility index (Phi) is 4.14. The number of anilines is 1. The van der Waals surface area contributed by atoms with Gasteiger partial charge in [-0.1, -0.05) is 41.3 Å². The minimum absolute atomic E-state index is 0.167. The van der Waals surface area contributed by atoms with Crippen molar-refractivity contribution in [2.24, 2.45) is 0 Å². The molecule has 2 aromatic carbocycles. The number of fused-ring (bicyclic) bond motifs is 3. The number of hydrogen-bond acceptors (Lipinski definition) is 5. The summed E-state index contributed by atoms with van der Waals surface area (Å²) in [6.45, 7) is 1.68. The molecule has 0 saturated carbocycles. The van der Waals surface area contributed by atoms with Crippen molar-refractivity contribution >= 4 is 49.9 Å². The van der Waals surface area contributed by atoms with Crippen LogP contribution < -0.4 is 5.32 Å². The number of halogens is 1. The zero-order valence-electron chi connectivity index (χ0n) is 13.2. The smallest absolute Gasteiger partial charge is 0.234 e. The number of rotatable bonds is 4. The predicted molar refractivity (Wildman–Crippen MR) is 98.9 cm³/mol. The molecule has 8 heteroatoms. The van der Waals surface area contributed by atoms with E-state index < -0.39 is 0 Å². The van der Waals surface area contributed by atoms with Crippen LogP contribution in [0.4, 0.5) is 10.1 Å². The van der Waals surface area contributed by atoms with Crippen LogP contribution in [0.2, 0.25) is 0 Å². The molecular formula is C17H13FN4OS2. The Morgan fingerprint density at radius 3 is 2.96 bits per heavy atom. The van der Waals surface area contributed by atoms with E-state index in [1.54, 1.807) is 30.4 Å². The molecule has 0 radical (unpaired) electrons. The van der Waals surface area contributed by atoms with Gasteiger partial charge in [0.05, 0.1) is 16.0 Å². The Morgan fingerprint density at radius 1 is 1.28 bits per heavy atom. The van der Waals surface area contributed by atoms with Gasteiger partial charge in [-0.15, -0.1) is 10.2 Å². The van der Waals surface area contributed by atoms with Crippen LogP contribution in [0.15, 0.2) is 47.6 Å². The topological polar surface area (TPSA) is 59.3 Å². The van der Waals surface area contributed by atoms with Gasteiger partial charge in [0.1, 0.15) is 5.82 Å². The Hall–Kier alpha value is -2.45. The van der Waals surface area contributed by atoms with Gasteiger partial charge in [0, 0.05) is 5.69 Å². The molecule has 4 aromatic rings. The van der Waals surface area contributed by atoms with Gasteiger partial charge in [-0.2, -0.15) is 0 Å². The fourth-order valence-electron chi connectivity index (χ4n) is 2.45. The normalized spacial score (nSPS) is 11.3. The highest BCUT2D eigenvalue weighted by Gasteiger charge is 2.14. The van der Waals surface area contributed by atoms with E-state index in [2.05, 4.69) is 15.5 Å². The molecule has 0 aliphatic heterocycles. The lowest BCUT2D eigenvalue weighted by atomic mass is 10.2. The van der Waals surface area contributed by atoms with Crippen LogP contribution in [0.5, 0.6) is 0 Å². The van der Waals surface area contributed by atoms with E-state index in [-0.39, 0.29) is 17.5 Å². The second-order valence-corrected chi connectivity index (χ2v) is 7.42. The van der Waals surface area contributed by atoms with Crippen molar-refractivity contribution in [2.75, 3.05) is 11.1 Å². The van der Waals surface area contributed by atoms with Crippen LogP contribution in [0, 0.1) is 12.7 Å². The van der Waals surface area contributed by atoms with Crippen LogP contribution in [0.25, 0.3) is 15.2 Å². The van der Waals surface area contributed by atoms with Crippen LogP contribution in [-0.4, -0.2) is 26.3 Å². The largest absolute Gasteiger partial charge is 0.325 e. The molecule has 0 saturated heterocycles. The predicted octanol–water partition coefficient (Wildman–Crippen LogP) is 4.12. The summed E-state index contributed by atoms with van der Waals surface area (Å²) in [5.41, 5.74) is 2.01. The SMILES string of the molecule is Cc1ccc(NC(=O)CSc2nnc3sc4ccccc4n23)cc1F. The standard InChI is InChI=1S/C17H13FN4OS2/c1-10-6-7-11(8-12(10)18)19-15(23)9-24-16-20-21-17-22(16)13-4-2-3-5-14(13)25-17/h2-8H,9H2,1H3,(H,19,23). The van der Waals surface area contributed by atoms with Gasteiger partial charge in [0.2, 0.25) is 10.9 Å². The lowest BCUT2D eigenvalue weighted by Gasteiger charge is -2.05. The second-order valence-electron chi connectivity index (χ2n) is 5.47. The zero-order chi connectivity index (χ0) is 17.4. The van der Waals surface area contributed by atoms with Crippen LogP contribution in [0.3, 0.4) is 0 Å². The van der Waals surface area contributed by atoms with Crippen molar-refractivity contribution < 1.29 is 9.18 Å². The summed E-state index contributed by atoms with van der Waals surface area (Å²) in [6, 6.07) is 12.6. The summed E-state index contributed by atoms with van der Waals surface area (Å²) in [4.78, 5) is 12.9. The molecule has 0 atom stereocenters. The summed E-state index contributed by atoms with van der Waals surface area (Å²) < 4.78 is 16.6. The zero-order valence-corrected chi connectivity index (χ0v) is 14.8. The fraction of sp³-hybridized carbons (Fsp3) is 0.118. The van der Waals surface area contributed by atoms with Crippen LogP contribution in [0.1, 0.15) is 5.56 Å². The highest BCUT2D eigenvalue weighted by molar-refractivity contribution is 7.99. The average Bonchev–Trinajstić information content (AvgIpc) is 3.15. The first-order valence-corrected chi connectivity index (χ1v) is 9.33. The van der Waals surface area contributed by atoms with Crippen molar-refractivity contribution in [3.8, 4) is 0 Å². The molecule has 0 spiro atoms. The Morgan fingerprint density at radius 2 is 2.12 bits per heavy atom. The summed E-state index contributed by atoms with van der Waals surface area (Å²) in [6.07, 6.45) is 0. The molecule has 126 valence electrons. The molecule has 5 nitrogen and oxygen atoms in total. The lowest BCUT2D eigenvalue weighted by Crippen LogP contribution is -2.14. The molecule has 0 aliphatic rings. The number of carbonyl (C=O) groups excluding carboxylic acids is 1. The van der Waals surface area contributed by atoms with Crippen molar-refractivity contribution in [3.05, 3.63) is 53.8 Å². The number of amides is 1. The first-order valence-electron chi connectivity index (χ1n) is 7.53. The third-order valence-electron chi connectivity index (χ3n) is 3.70. The fourth-order valence-corrected chi connectivity index (χ4v) is 4.21. The minimum Gasteiger partial charge on any atom is -0.325 e. The summed E-state index contributed by atoms with van der Waals surface area (Å²) >= 11 is 2.86. The molecule has 2 aromatic heterocycles. The van der Waals surface area contributed by atoms with Crippen molar-refractivity contribution in [1.29, 1.82) is 0 Å². The molecule has 2 heterocycles. The number of aromatic nitrogens is 3. The minimum atomic E-state index is -0.339. The first-order chi connectivity index (χ1) is 12.1. The maximum Gasteiger partial charge on any atom is 0.234 e. The van der Waals surface area contributed by atoms with Crippen molar-refractivity contribution in [3.63, 3.8) is 0 Å². The molecule has 0 bridgehead atoms. The first kappa shape index (κ1) is 16.0. The number of para-hydroxylation sites is 1. The van der Waals surface area contributed by atoms with Gasteiger partial charge in [0.25, 0.3) is 0 Å². The van der Waals surface area contributed by atoms with Gasteiger partial charge >= 0.3 is 0 Å². The molecule has 25 heavy (non-hydrogen) atoms. The van der Waals surface area contributed by atoms with E-state index in [4.69, 9.17) is 0 Å². The molecule has 1 N–H and O–H groups in total. The molecular weight excluding hydrogens is 359 g/mol. The summed E-state index contributed by atoms with van der Waals surface area (Å²) in [5.74, 6) is -0.389. The average molecular weight is 372 g/mol. The van der Waals surface area contributed by atoms with Crippen molar-refractivity contribution in [1.82, 2.24) is 14.6 Å². The quantitative estimate of drug-likeness (QED) is 0.548. The van der Waals surface area contributed by atoms with E-state index in [1.807, 2.05) is 28.7 Å². The van der Waals surface area contributed by atoms with Gasteiger partial charge < -0.3 is 5.32 Å². The number of aryl methyl sites for hydroxylation is 1. The number of benzene rings is 2. The van der Waals surface area contributed by atoms with E-state index in [9.17, 15) is 9.18 Å². The maximum atomic E-state index is 13.5. The molecule has 1 amide bonds. The number of hydrogen-bond donors (Lipinski definition) is 1. The molecule has 0 aliphatic carbocycles. The molecule has 4 rings (SSSR count). The number of carbonyl (C=O) groups is 1. The lowest BCUT2D eigenvalue weighted by molar-refractivity contribution is -0.113. The van der Waals surface area contributed by atoms with Gasteiger partial charge in [-0.05, 0) is 36.8 Å². The monoisotopic (exact) mass is 372 g/mol. The second kappa shape index (κ2) is 6.45. The van der Waals surface area contributed by atoms with E-state index >= 15 is 0 Å². The van der Waals surface area contributed by atoms with Gasteiger partial charge in [-0.25, -0.2) is 4.39 Å². The number of nitrogens with one attached hydrogen (secondary N) is 1. The van der Waals surface area contributed by atoms with Crippen LogP contribution >= 0.6 is 23.1 Å². The summed E-state index contributed by atoms with van der Waals surface area (Å²) in [5, 5.41) is 11.7.